The van der Waals surface area contributed by atoms with E-state index in [0.717, 1.165) is 45.6 Å². The topological polar surface area (TPSA) is 51.7 Å². The van der Waals surface area contributed by atoms with Gasteiger partial charge in [0.05, 0.1) is 19.3 Å². The molecule has 1 aromatic heterocycles. The summed E-state index contributed by atoms with van der Waals surface area (Å²) in [5, 5.41) is 0. The molecule has 0 saturated carbocycles. The monoisotopic (exact) mass is 304 g/mol. The first kappa shape index (κ1) is 15.4. The summed E-state index contributed by atoms with van der Waals surface area (Å²) in [5.74, 6) is 0.0419. The van der Waals surface area contributed by atoms with Gasteiger partial charge in [0.2, 0.25) is 0 Å². The number of hydrogen-bond donors (Lipinski definition) is 0. The van der Waals surface area contributed by atoms with Crippen LogP contribution in [0.3, 0.4) is 0 Å². The molecule has 5 nitrogen and oxygen atoms in total. The van der Waals surface area contributed by atoms with Gasteiger partial charge in [-0.3, -0.25) is 9.78 Å². The number of hydrogen-bond acceptors (Lipinski definition) is 4. The van der Waals surface area contributed by atoms with Crippen molar-refractivity contribution in [2.24, 2.45) is 5.41 Å². The van der Waals surface area contributed by atoms with Crippen LogP contribution in [-0.2, 0) is 9.47 Å². The Morgan fingerprint density at radius 2 is 2.27 bits per heavy atom. The van der Waals surface area contributed by atoms with Crippen molar-refractivity contribution in [3.63, 3.8) is 0 Å². The van der Waals surface area contributed by atoms with Crippen molar-refractivity contribution in [3.8, 4) is 0 Å². The van der Waals surface area contributed by atoms with Gasteiger partial charge in [0.25, 0.3) is 5.91 Å². The maximum Gasteiger partial charge on any atom is 0.272 e. The van der Waals surface area contributed by atoms with Gasteiger partial charge >= 0.3 is 0 Å². The molecule has 0 aliphatic carbocycles. The Kier molecular flexibility index (Phi) is 4.74. The van der Waals surface area contributed by atoms with Gasteiger partial charge in [0.15, 0.2) is 0 Å². The Labute approximate surface area is 131 Å². The molecule has 2 aliphatic rings. The summed E-state index contributed by atoms with van der Waals surface area (Å²) in [7, 11) is 0. The van der Waals surface area contributed by atoms with Crippen molar-refractivity contribution < 1.29 is 14.3 Å². The maximum absolute atomic E-state index is 12.4. The standard InChI is InChI=1S/C17H24N2O3/c1-2-21-12-14-11-17(13-22-14)6-9-19(10-7-17)16(20)15-5-3-4-8-18-15/h3-5,8,14H,2,6-7,9-13H2,1H3/t14-/m1/s1. The number of nitrogens with zero attached hydrogens (tertiary/aromatic N) is 2. The lowest BCUT2D eigenvalue weighted by Crippen LogP contribution is -2.43. The predicted octanol–water partition coefficient (Wildman–Crippen LogP) is 2.13. The van der Waals surface area contributed by atoms with Crippen LogP contribution in [0.25, 0.3) is 0 Å². The second kappa shape index (κ2) is 6.75. The Morgan fingerprint density at radius 1 is 1.45 bits per heavy atom. The zero-order valence-electron chi connectivity index (χ0n) is 13.2. The van der Waals surface area contributed by atoms with Gasteiger partial charge in [-0.2, -0.15) is 0 Å². The third kappa shape index (κ3) is 3.31. The summed E-state index contributed by atoms with van der Waals surface area (Å²) in [6, 6.07) is 5.47. The molecule has 1 atom stereocenters. The quantitative estimate of drug-likeness (QED) is 0.855. The average Bonchev–Trinajstić information content (AvgIpc) is 2.96. The fourth-order valence-electron chi connectivity index (χ4n) is 3.44. The molecule has 0 radical (unpaired) electrons. The Morgan fingerprint density at radius 3 is 2.95 bits per heavy atom. The van der Waals surface area contributed by atoms with E-state index in [0.29, 0.717) is 12.3 Å². The molecule has 0 unspecified atom stereocenters. The molecule has 2 saturated heterocycles. The molecule has 0 aromatic carbocycles. The van der Waals surface area contributed by atoms with E-state index in [1.54, 1.807) is 12.3 Å². The van der Waals surface area contributed by atoms with Crippen LogP contribution in [0.2, 0.25) is 0 Å². The van der Waals surface area contributed by atoms with Crippen molar-refractivity contribution in [1.29, 1.82) is 0 Å². The number of carbonyl (C=O) groups excluding carboxylic acids is 1. The Balaban J connectivity index is 1.54. The Hall–Kier alpha value is -1.46. The van der Waals surface area contributed by atoms with Crippen LogP contribution in [0.5, 0.6) is 0 Å². The van der Waals surface area contributed by atoms with Crippen molar-refractivity contribution in [2.45, 2.75) is 32.3 Å². The summed E-state index contributed by atoms with van der Waals surface area (Å²) in [6.07, 6.45) is 4.96. The van der Waals surface area contributed by atoms with Gasteiger partial charge in [-0.25, -0.2) is 0 Å². The summed E-state index contributed by atoms with van der Waals surface area (Å²) < 4.78 is 11.4. The number of ether oxygens (including phenoxy) is 2. The highest BCUT2D eigenvalue weighted by Gasteiger charge is 2.43. The van der Waals surface area contributed by atoms with Gasteiger partial charge in [0.1, 0.15) is 5.69 Å². The molecular weight excluding hydrogens is 280 g/mol. The zero-order valence-corrected chi connectivity index (χ0v) is 13.2. The molecular formula is C17H24N2O3. The van der Waals surface area contributed by atoms with Crippen molar-refractivity contribution >= 4 is 5.91 Å². The van der Waals surface area contributed by atoms with Gasteiger partial charge in [-0.05, 0) is 43.7 Å². The molecule has 2 aliphatic heterocycles. The number of piperidine rings is 1. The number of amides is 1. The lowest BCUT2D eigenvalue weighted by atomic mass is 9.76. The van der Waals surface area contributed by atoms with Crippen LogP contribution in [-0.4, -0.2) is 54.8 Å². The summed E-state index contributed by atoms with van der Waals surface area (Å²) in [4.78, 5) is 18.5. The highest BCUT2D eigenvalue weighted by molar-refractivity contribution is 5.92. The van der Waals surface area contributed by atoms with E-state index < -0.39 is 0 Å². The third-order valence-electron chi connectivity index (χ3n) is 4.79. The van der Waals surface area contributed by atoms with Crippen molar-refractivity contribution in [3.05, 3.63) is 30.1 Å². The number of rotatable bonds is 4. The van der Waals surface area contributed by atoms with Crippen LogP contribution in [0.1, 0.15) is 36.7 Å². The fraction of sp³-hybridized carbons (Fsp3) is 0.647. The van der Waals surface area contributed by atoms with Crippen molar-refractivity contribution in [2.75, 3.05) is 32.9 Å². The minimum atomic E-state index is 0.0419. The van der Waals surface area contributed by atoms with E-state index in [1.807, 2.05) is 24.0 Å². The molecule has 0 bridgehead atoms. The number of pyridine rings is 1. The predicted molar refractivity (Wildman–Crippen MR) is 82.7 cm³/mol. The second-order valence-corrected chi connectivity index (χ2v) is 6.30. The number of carbonyl (C=O) groups is 1. The van der Waals surface area contributed by atoms with Gasteiger partial charge in [-0.1, -0.05) is 6.07 Å². The second-order valence-electron chi connectivity index (χ2n) is 6.30. The van der Waals surface area contributed by atoms with E-state index in [4.69, 9.17) is 9.47 Å². The van der Waals surface area contributed by atoms with Crippen LogP contribution in [0.4, 0.5) is 0 Å². The molecule has 1 spiro atoms. The van der Waals surface area contributed by atoms with Gasteiger partial charge < -0.3 is 14.4 Å². The molecule has 1 aromatic rings. The Bertz CT molecular complexity index is 498. The van der Waals surface area contributed by atoms with Crippen LogP contribution >= 0.6 is 0 Å². The maximum atomic E-state index is 12.4. The normalized spacial score (nSPS) is 23.9. The molecule has 120 valence electrons. The van der Waals surface area contributed by atoms with Crippen LogP contribution in [0.15, 0.2) is 24.4 Å². The molecule has 5 heteroatoms. The number of likely N-dealkylation sites (tertiary alicyclic amines) is 1. The molecule has 3 rings (SSSR count). The lowest BCUT2D eigenvalue weighted by Gasteiger charge is -2.38. The summed E-state index contributed by atoms with van der Waals surface area (Å²) >= 11 is 0. The van der Waals surface area contributed by atoms with Gasteiger partial charge in [-0.15, -0.1) is 0 Å². The summed E-state index contributed by atoms with van der Waals surface area (Å²) in [5.41, 5.74) is 0.776. The smallest absolute Gasteiger partial charge is 0.272 e. The first-order chi connectivity index (χ1) is 10.7. The third-order valence-corrected chi connectivity index (χ3v) is 4.79. The van der Waals surface area contributed by atoms with Crippen molar-refractivity contribution in [1.82, 2.24) is 9.88 Å². The fourth-order valence-corrected chi connectivity index (χ4v) is 3.44. The summed E-state index contributed by atoms with van der Waals surface area (Å²) in [6.45, 7) is 5.82. The average molecular weight is 304 g/mol. The zero-order chi connectivity index (χ0) is 15.4. The SMILES string of the molecule is CCOC[C@H]1CC2(CCN(C(=O)c3ccccn3)CC2)CO1. The van der Waals surface area contributed by atoms with E-state index in [2.05, 4.69) is 4.98 Å². The lowest BCUT2D eigenvalue weighted by molar-refractivity contribution is 0.0159. The van der Waals surface area contributed by atoms with E-state index in [9.17, 15) is 4.79 Å². The van der Waals surface area contributed by atoms with Crippen LogP contribution in [0, 0.1) is 5.41 Å². The van der Waals surface area contributed by atoms with E-state index >= 15 is 0 Å². The number of aromatic nitrogens is 1. The first-order valence-corrected chi connectivity index (χ1v) is 8.12. The molecule has 3 heterocycles. The van der Waals surface area contributed by atoms with E-state index in [-0.39, 0.29) is 17.4 Å². The first-order valence-electron chi connectivity index (χ1n) is 8.12. The minimum absolute atomic E-state index is 0.0419. The highest BCUT2D eigenvalue weighted by atomic mass is 16.5. The van der Waals surface area contributed by atoms with Gasteiger partial charge in [0, 0.05) is 25.9 Å². The molecule has 22 heavy (non-hydrogen) atoms. The molecule has 2 fully saturated rings. The minimum Gasteiger partial charge on any atom is -0.379 e. The largest absolute Gasteiger partial charge is 0.379 e. The van der Waals surface area contributed by atoms with E-state index in [1.165, 1.54) is 0 Å². The highest BCUT2D eigenvalue weighted by Crippen LogP contribution is 2.42. The van der Waals surface area contributed by atoms with Crippen LogP contribution < -0.4 is 0 Å². The molecule has 1 amide bonds. The molecule has 0 N–H and O–H groups in total.